The van der Waals surface area contributed by atoms with Crippen molar-refractivity contribution in [3.63, 3.8) is 0 Å². The predicted octanol–water partition coefficient (Wildman–Crippen LogP) is 2.61. The molecule has 0 aliphatic rings. The van der Waals surface area contributed by atoms with Crippen LogP contribution in [0.5, 0.6) is 5.75 Å². The molecular weight excluding hydrogens is 266 g/mol. The minimum absolute atomic E-state index is 0.191. The smallest absolute Gasteiger partial charge is 0.182 e. The van der Waals surface area contributed by atoms with Crippen LogP contribution in [0.1, 0.15) is 27.7 Å². The number of ether oxygens (including phenoxy) is 1. The first-order valence-corrected chi connectivity index (χ1v) is 7.02. The fraction of sp³-hybridized carbons (Fsp3) is 0.533. The summed E-state index contributed by atoms with van der Waals surface area (Å²) in [5.74, 6) is 1.84. The van der Waals surface area contributed by atoms with Gasteiger partial charge in [-0.3, -0.25) is 0 Å². The number of tetrazole rings is 1. The van der Waals surface area contributed by atoms with Crippen LogP contribution in [0.15, 0.2) is 18.2 Å². The summed E-state index contributed by atoms with van der Waals surface area (Å²) in [6, 6.07) is 5.52. The summed E-state index contributed by atoms with van der Waals surface area (Å²) < 4.78 is 7.07. The topological polar surface area (TPSA) is 78.8 Å². The number of nitrogen functional groups attached to an aromatic ring is 1. The Bertz CT molecular complexity index is 615. The number of benzene rings is 1. The monoisotopic (exact) mass is 289 g/mol. The van der Waals surface area contributed by atoms with Crippen molar-refractivity contribution in [2.75, 3.05) is 12.8 Å². The fourth-order valence-corrected chi connectivity index (χ4v) is 1.94. The highest BCUT2D eigenvalue weighted by molar-refractivity contribution is 5.64. The van der Waals surface area contributed by atoms with E-state index in [4.69, 9.17) is 10.5 Å². The van der Waals surface area contributed by atoms with Crippen LogP contribution in [-0.4, -0.2) is 27.3 Å². The van der Waals surface area contributed by atoms with Crippen molar-refractivity contribution in [3.05, 3.63) is 18.2 Å². The molecule has 0 radical (unpaired) electrons. The van der Waals surface area contributed by atoms with Crippen molar-refractivity contribution < 1.29 is 4.74 Å². The van der Waals surface area contributed by atoms with Crippen LogP contribution in [-0.2, 0) is 6.54 Å². The Balaban J connectivity index is 2.34. The van der Waals surface area contributed by atoms with Gasteiger partial charge in [0.1, 0.15) is 5.75 Å². The molecule has 6 heteroatoms. The molecule has 2 rings (SSSR count). The fourth-order valence-electron chi connectivity index (χ4n) is 1.94. The van der Waals surface area contributed by atoms with Crippen LogP contribution in [0, 0.1) is 11.3 Å². The second-order valence-corrected chi connectivity index (χ2v) is 6.45. The van der Waals surface area contributed by atoms with Gasteiger partial charge in [-0.05, 0) is 33.9 Å². The molecule has 0 spiro atoms. The first-order chi connectivity index (χ1) is 9.81. The summed E-state index contributed by atoms with van der Waals surface area (Å²) in [5.41, 5.74) is 7.58. The second-order valence-electron chi connectivity index (χ2n) is 6.45. The molecule has 0 saturated carbocycles. The van der Waals surface area contributed by atoms with Crippen LogP contribution < -0.4 is 10.5 Å². The second kappa shape index (κ2) is 5.71. The molecule has 0 aliphatic carbocycles. The summed E-state index contributed by atoms with van der Waals surface area (Å²) in [7, 11) is 1.61. The number of nitrogens with two attached hydrogens (primary N) is 1. The molecule has 6 nitrogen and oxygen atoms in total. The third-order valence-electron chi connectivity index (χ3n) is 3.88. The molecule has 0 aliphatic heterocycles. The largest absolute Gasteiger partial charge is 0.497 e. The molecule has 1 atom stereocenters. The number of hydrogen-bond acceptors (Lipinski definition) is 5. The van der Waals surface area contributed by atoms with Crippen molar-refractivity contribution in [2.24, 2.45) is 11.3 Å². The van der Waals surface area contributed by atoms with Crippen molar-refractivity contribution in [2.45, 2.75) is 34.2 Å². The van der Waals surface area contributed by atoms with Crippen LogP contribution in [0.2, 0.25) is 0 Å². The first-order valence-electron chi connectivity index (χ1n) is 7.02. The highest BCUT2D eigenvalue weighted by Crippen LogP contribution is 2.29. The van der Waals surface area contributed by atoms with E-state index in [-0.39, 0.29) is 5.41 Å². The van der Waals surface area contributed by atoms with E-state index in [0.29, 0.717) is 23.2 Å². The number of aromatic nitrogens is 4. The standard InChI is InChI=1S/C15H23N5O/c1-10(15(2,3)4)9-20-14(17-18-19-20)11-6-12(16)8-13(7-11)21-5/h6-8,10H,9,16H2,1-5H3. The molecule has 21 heavy (non-hydrogen) atoms. The van der Waals surface area contributed by atoms with Crippen LogP contribution in [0.4, 0.5) is 5.69 Å². The van der Waals surface area contributed by atoms with Gasteiger partial charge in [0.15, 0.2) is 5.82 Å². The van der Waals surface area contributed by atoms with Gasteiger partial charge in [-0.15, -0.1) is 5.10 Å². The molecule has 0 bridgehead atoms. The normalized spacial score (nSPS) is 13.2. The van der Waals surface area contributed by atoms with Crippen LogP contribution >= 0.6 is 0 Å². The zero-order chi connectivity index (χ0) is 15.6. The van der Waals surface area contributed by atoms with Gasteiger partial charge in [-0.1, -0.05) is 27.7 Å². The Morgan fingerprint density at radius 1 is 1.29 bits per heavy atom. The lowest BCUT2D eigenvalue weighted by Gasteiger charge is -2.27. The number of anilines is 1. The van der Waals surface area contributed by atoms with E-state index in [0.717, 1.165) is 12.1 Å². The lowest BCUT2D eigenvalue weighted by molar-refractivity contribution is 0.225. The van der Waals surface area contributed by atoms with E-state index in [1.165, 1.54) is 0 Å². The summed E-state index contributed by atoms with van der Waals surface area (Å²) in [6.07, 6.45) is 0. The van der Waals surface area contributed by atoms with Crippen molar-refractivity contribution in [1.29, 1.82) is 0 Å². The van der Waals surface area contributed by atoms with Gasteiger partial charge in [0.25, 0.3) is 0 Å². The molecule has 1 unspecified atom stereocenters. The summed E-state index contributed by atoms with van der Waals surface area (Å²) in [6.45, 7) is 9.59. The Hall–Kier alpha value is -2.11. The minimum atomic E-state index is 0.191. The lowest BCUT2D eigenvalue weighted by Crippen LogP contribution is -2.23. The van der Waals surface area contributed by atoms with E-state index in [2.05, 4.69) is 43.2 Å². The molecule has 1 aromatic carbocycles. The Morgan fingerprint density at radius 2 is 2.00 bits per heavy atom. The molecule has 2 N–H and O–H groups in total. The lowest BCUT2D eigenvalue weighted by atomic mass is 9.82. The van der Waals surface area contributed by atoms with Gasteiger partial charge >= 0.3 is 0 Å². The van der Waals surface area contributed by atoms with Gasteiger partial charge < -0.3 is 10.5 Å². The summed E-state index contributed by atoms with van der Waals surface area (Å²) in [5, 5.41) is 12.0. The van der Waals surface area contributed by atoms with Crippen LogP contribution in [0.25, 0.3) is 11.4 Å². The summed E-state index contributed by atoms with van der Waals surface area (Å²) in [4.78, 5) is 0. The van der Waals surface area contributed by atoms with E-state index in [9.17, 15) is 0 Å². The van der Waals surface area contributed by atoms with Gasteiger partial charge in [0.2, 0.25) is 0 Å². The number of rotatable bonds is 4. The zero-order valence-electron chi connectivity index (χ0n) is 13.3. The Kier molecular flexibility index (Phi) is 4.16. The first kappa shape index (κ1) is 15.3. The average Bonchev–Trinajstić information content (AvgIpc) is 2.85. The van der Waals surface area contributed by atoms with Crippen molar-refractivity contribution in [1.82, 2.24) is 20.2 Å². The molecule has 0 fully saturated rings. The van der Waals surface area contributed by atoms with Crippen molar-refractivity contribution in [3.8, 4) is 17.1 Å². The van der Waals surface area contributed by atoms with Gasteiger partial charge in [0.05, 0.1) is 7.11 Å². The van der Waals surface area contributed by atoms with E-state index >= 15 is 0 Å². The SMILES string of the molecule is COc1cc(N)cc(-c2nnnn2CC(C)C(C)(C)C)c1. The van der Waals surface area contributed by atoms with E-state index in [1.807, 2.05) is 16.8 Å². The van der Waals surface area contributed by atoms with Crippen molar-refractivity contribution >= 4 is 5.69 Å². The maximum absolute atomic E-state index is 5.90. The molecule has 2 aromatic rings. The average molecular weight is 289 g/mol. The third-order valence-corrected chi connectivity index (χ3v) is 3.88. The minimum Gasteiger partial charge on any atom is -0.497 e. The Labute approximate surface area is 125 Å². The van der Waals surface area contributed by atoms with Crippen LogP contribution in [0.3, 0.4) is 0 Å². The number of hydrogen-bond donors (Lipinski definition) is 1. The Morgan fingerprint density at radius 3 is 2.62 bits per heavy atom. The molecule has 1 aromatic heterocycles. The highest BCUT2D eigenvalue weighted by Gasteiger charge is 2.22. The molecule has 114 valence electrons. The molecule has 1 heterocycles. The van der Waals surface area contributed by atoms with E-state index < -0.39 is 0 Å². The molecule has 0 amide bonds. The maximum Gasteiger partial charge on any atom is 0.182 e. The number of nitrogens with zero attached hydrogens (tertiary/aromatic N) is 4. The number of methoxy groups -OCH3 is 1. The quantitative estimate of drug-likeness (QED) is 0.875. The highest BCUT2D eigenvalue weighted by atomic mass is 16.5. The molecule has 0 saturated heterocycles. The maximum atomic E-state index is 5.90. The van der Waals surface area contributed by atoms with Gasteiger partial charge in [-0.2, -0.15) is 0 Å². The van der Waals surface area contributed by atoms with E-state index in [1.54, 1.807) is 13.2 Å². The zero-order valence-corrected chi connectivity index (χ0v) is 13.3. The predicted molar refractivity (Wildman–Crippen MR) is 82.8 cm³/mol. The van der Waals surface area contributed by atoms with Gasteiger partial charge in [-0.25, -0.2) is 4.68 Å². The van der Waals surface area contributed by atoms with Gasteiger partial charge in [0, 0.05) is 23.9 Å². The molecular formula is C15H23N5O. The summed E-state index contributed by atoms with van der Waals surface area (Å²) >= 11 is 0. The third kappa shape index (κ3) is 3.51.